The Balaban J connectivity index is 1.76. The summed E-state index contributed by atoms with van der Waals surface area (Å²) in [5.74, 6) is 0.189. The average molecular weight is 676 g/mol. The van der Waals surface area contributed by atoms with E-state index in [-0.39, 0.29) is 41.4 Å². The van der Waals surface area contributed by atoms with Crippen molar-refractivity contribution in [3.63, 3.8) is 0 Å². The van der Waals surface area contributed by atoms with Gasteiger partial charge in [-0.05, 0) is 37.3 Å². The second kappa shape index (κ2) is 13.8. The minimum atomic E-state index is -0.605. The molecule has 266 valence electrons. The molecule has 2 aliphatic heterocycles. The van der Waals surface area contributed by atoms with E-state index in [2.05, 4.69) is 72.8 Å². The molecule has 2 aliphatic rings. The van der Waals surface area contributed by atoms with Gasteiger partial charge in [0.05, 0.1) is 12.0 Å². The Hall–Kier alpha value is -4.32. The minimum Gasteiger partial charge on any atom is -0.342 e. The number of Topliss-reactive ketones (excluding diaryl/α,β-unsaturated/α-hetero) is 2. The molecule has 4 rings (SSSR count). The van der Waals surface area contributed by atoms with E-state index in [1.54, 1.807) is 0 Å². The quantitative estimate of drug-likeness (QED) is 0.164. The molecule has 0 saturated carbocycles. The van der Waals surface area contributed by atoms with Gasteiger partial charge >= 0.3 is 0 Å². The first kappa shape index (κ1) is 38.5. The molecule has 0 saturated heterocycles. The molecule has 6 nitrogen and oxygen atoms in total. The maximum atomic E-state index is 13.3. The number of amides is 1. The largest absolute Gasteiger partial charge is 0.342 e. The number of allylic oxidation sites excluding steroid dienone is 7. The number of hydrogen-bond donors (Lipinski definition) is 1. The van der Waals surface area contributed by atoms with Crippen LogP contribution in [0.15, 0.2) is 90.3 Å². The van der Waals surface area contributed by atoms with Crippen molar-refractivity contribution in [2.24, 2.45) is 16.2 Å². The van der Waals surface area contributed by atoms with Crippen LogP contribution in [0.1, 0.15) is 101 Å². The summed E-state index contributed by atoms with van der Waals surface area (Å²) in [4.78, 5) is 41.9. The van der Waals surface area contributed by atoms with Crippen LogP contribution in [0.3, 0.4) is 0 Å². The van der Waals surface area contributed by atoms with Crippen molar-refractivity contribution >= 4 is 34.6 Å². The molecule has 50 heavy (non-hydrogen) atoms. The van der Waals surface area contributed by atoms with Crippen molar-refractivity contribution in [2.45, 2.75) is 101 Å². The van der Waals surface area contributed by atoms with Gasteiger partial charge in [0.1, 0.15) is 5.71 Å². The zero-order valence-electron chi connectivity index (χ0n) is 32.5. The van der Waals surface area contributed by atoms with E-state index in [0.717, 1.165) is 28.3 Å². The number of carbonyl (C=O) groups excluding carboxylic acids is 3. The summed E-state index contributed by atoms with van der Waals surface area (Å²) < 4.78 is 2.08. The summed E-state index contributed by atoms with van der Waals surface area (Å²) in [5, 5.41) is 3.10. The molecule has 6 heteroatoms. The van der Waals surface area contributed by atoms with Crippen molar-refractivity contribution in [2.75, 3.05) is 18.0 Å². The van der Waals surface area contributed by atoms with E-state index in [4.69, 9.17) is 0 Å². The highest BCUT2D eigenvalue weighted by Crippen LogP contribution is 2.48. The molecule has 0 aromatic heterocycles. The molecule has 1 amide bonds. The standard InChI is InChI=1S/C44H56N3O3/c1-40(2,3)37(48)28-46-33-24-16-14-22-31(33)43(10,11)35(46)26-18-20-30(45-39(50)42(7,8)9)21-19-27-36-44(12,13)32-23-15-17-25-34(32)47(36)29-38(49)41(4,5)6/h14-26H,28-29H2,1-13H3/q-1/p+1/b20-18+,35-26+. The van der Waals surface area contributed by atoms with Gasteiger partial charge in [-0.15, -0.1) is 0 Å². The van der Waals surface area contributed by atoms with Crippen molar-refractivity contribution in [1.82, 2.24) is 5.32 Å². The molecule has 0 aliphatic carbocycles. The van der Waals surface area contributed by atoms with E-state index < -0.39 is 16.2 Å². The van der Waals surface area contributed by atoms with Crippen LogP contribution >= 0.6 is 0 Å². The molecule has 0 atom stereocenters. The predicted octanol–water partition coefficient (Wildman–Crippen LogP) is 8.94. The maximum Gasteiger partial charge on any atom is 0.228 e. The van der Waals surface area contributed by atoms with Crippen LogP contribution in [0.5, 0.6) is 0 Å². The molecule has 0 radical (unpaired) electrons. The second-order valence-corrected chi connectivity index (χ2v) is 17.7. The van der Waals surface area contributed by atoms with E-state index in [0.29, 0.717) is 5.70 Å². The minimum absolute atomic E-state index is 0.112. The Labute approximate surface area is 300 Å². The zero-order valence-corrected chi connectivity index (χ0v) is 32.5. The normalized spacial score (nSPS) is 18.3. The summed E-state index contributed by atoms with van der Waals surface area (Å²) >= 11 is 0. The van der Waals surface area contributed by atoms with Crippen LogP contribution in [-0.2, 0) is 25.2 Å². The first-order chi connectivity index (χ1) is 23.0. The molecule has 1 N–H and O–H groups in total. The molecule has 2 aromatic carbocycles. The van der Waals surface area contributed by atoms with Gasteiger partial charge in [-0.3, -0.25) is 14.4 Å². The molecule has 0 spiro atoms. The number of anilines is 1. The van der Waals surface area contributed by atoms with Crippen LogP contribution in [0.2, 0.25) is 0 Å². The number of para-hydroxylation sites is 2. The molecule has 2 heterocycles. The maximum absolute atomic E-state index is 13.3. The van der Waals surface area contributed by atoms with Crippen LogP contribution in [0.25, 0.3) is 0 Å². The van der Waals surface area contributed by atoms with Gasteiger partial charge < -0.3 is 10.2 Å². The summed E-state index contributed by atoms with van der Waals surface area (Å²) in [5.41, 5.74) is 4.59. The third kappa shape index (κ3) is 8.01. The first-order valence-electron chi connectivity index (χ1n) is 17.7. The topological polar surface area (TPSA) is 69.5 Å². The van der Waals surface area contributed by atoms with Crippen molar-refractivity contribution in [3.05, 3.63) is 108 Å². The number of nitrogens with zero attached hydrogens (tertiary/aromatic N) is 2. The van der Waals surface area contributed by atoms with Crippen molar-refractivity contribution < 1.29 is 19.0 Å². The third-order valence-corrected chi connectivity index (χ3v) is 9.76. The number of benzene rings is 2. The van der Waals surface area contributed by atoms with E-state index in [9.17, 15) is 14.4 Å². The molecular formula is C44H57N3O3. The highest BCUT2D eigenvalue weighted by Gasteiger charge is 2.43. The fraction of sp³-hybridized carbons (Fsp3) is 0.455. The summed E-state index contributed by atoms with van der Waals surface area (Å²) in [6.45, 7) is 26.5. The summed E-state index contributed by atoms with van der Waals surface area (Å²) in [6, 6.07) is 16.5. The third-order valence-electron chi connectivity index (χ3n) is 9.76. The van der Waals surface area contributed by atoms with Crippen LogP contribution in [0, 0.1) is 22.3 Å². The number of rotatable bonds is 9. The van der Waals surface area contributed by atoms with E-state index in [1.807, 2.05) is 117 Å². The lowest BCUT2D eigenvalue weighted by Gasteiger charge is -2.29. The van der Waals surface area contributed by atoms with Gasteiger partial charge in [0.2, 0.25) is 23.9 Å². The lowest BCUT2D eigenvalue weighted by molar-refractivity contribution is -0.426. The monoisotopic (exact) mass is 675 g/mol. The van der Waals surface area contributed by atoms with Crippen LogP contribution in [-0.4, -0.2) is 40.9 Å². The Morgan fingerprint density at radius 3 is 1.96 bits per heavy atom. The highest BCUT2D eigenvalue weighted by atomic mass is 16.2. The fourth-order valence-corrected chi connectivity index (χ4v) is 6.23. The Morgan fingerprint density at radius 2 is 1.36 bits per heavy atom. The first-order valence-corrected chi connectivity index (χ1v) is 17.7. The second-order valence-electron chi connectivity index (χ2n) is 17.7. The molecule has 2 aromatic rings. The number of fused-ring (bicyclic) bond motifs is 2. The van der Waals surface area contributed by atoms with Gasteiger partial charge in [-0.25, -0.2) is 10.7 Å². The Bertz CT molecular complexity index is 1830. The Kier molecular flexibility index (Phi) is 10.6. The van der Waals surface area contributed by atoms with Crippen LogP contribution < -0.4 is 10.2 Å². The lowest BCUT2D eigenvalue weighted by Crippen LogP contribution is -2.36. The summed E-state index contributed by atoms with van der Waals surface area (Å²) in [6.07, 6.45) is 13.1. The fourth-order valence-electron chi connectivity index (χ4n) is 6.23. The van der Waals surface area contributed by atoms with Crippen molar-refractivity contribution in [3.8, 4) is 0 Å². The van der Waals surface area contributed by atoms with Crippen molar-refractivity contribution in [1.29, 1.82) is 0 Å². The molecular weight excluding hydrogens is 619 g/mol. The van der Waals surface area contributed by atoms with Gasteiger partial charge in [-0.2, -0.15) is 12.2 Å². The molecule has 0 bridgehead atoms. The average Bonchev–Trinajstić information content (AvgIpc) is 3.34. The Morgan fingerprint density at radius 1 is 0.780 bits per heavy atom. The number of hydrogen-bond acceptors (Lipinski definition) is 4. The molecule has 0 unspecified atom stereocenters. The van der Waals surface area contributed by atoms with E-state index in [1.165, 1.54) is 5.56 Å². The van der Waals surface area contributed by atoms with Gasteiger partial charge in [0.25, 0.3) is 0 Å². The highest BCUT2D eigenvalue weighted by molar-refractivity contribution is 6.01. The van der Waals surface area contributed by atoms with Gasteiger partial charge in [-0.1, -0.05) is 125 Å². The number of nitrogens with one attached hydrogen (secondary N) is 1. The predicted molar refractivity (Wildman–Crippen MR) is 206 cm³/mol. The zero-order chi connectivity index (χ0) is 37.4. The SMILES string of the molecule is CC(C)(C)C(=O)CN1/C(=C/C=C/C(=C/C=[C-]C2=[N+](CC(=O)C(C)(C)C)c3ccccc3C2(C)C)NC(=O)C(C)(C)C)C(C)(C)c2ccccc21. The number of carbonyl (C=O) groups is 3. The lowest BCUT2D eigenvalue weighted by atomic mass is 9.81. The smallest absolute Gasteiger partial charge is 0.228 e. The van der Waals surface area contributed by atoms with Gasteiger partial charge in [0, 0.05) is 44.7 Å². The van der Waals surface area contributed by atoms with Gasteiger partial charge in [0.15, 0.2) is 5.78 Å². The van der Waals surface area contributed by atoms with E-state index >= 15 is 0 Å². The number of ketones is 2. The molecule has 0 fully saturated rings. The van der Waals surface area contributed by atoms with Crippen LogP contribution in [0.4, 0.5) is 11.4 Å². The summed E-state index contributed by atoms with van der Waals surface area (Å²) in [7, 11) is 0.